The lowest BCUT2D eigenvalue weighted by molar-refractivity contribution is -0.116. The van der Waals surface area contributed by atoms with Crippen LogP contribution in [0.15, 0.2) is 53.6 Å². The first-order chi connectivity index (χ1) is 13.9. The van der Waals surface area contributed by atoms with E-state index in [0.717, 1.165) is 28.1 Å². The molecule has 0 spiro atoms. The van der Waals surface area contributed by atoms with Gasteiger partial charge in [-0.3, -0.25) is 14.2 Å². The number of anilines is 1. The third-order valence-corrected chi connectivity index (χ3v) is 4.87. The Kier molecular flexibility index (Phi) is 4.67. The molecule has 0 saturated heterocycles. The largest absolute Gasteiger partial charge is 0.324 e. The predicted molar refractivity (Wildman–Crippen MR) is 110 cm³/mol. The van der Waals surface area contributed by atoms with Gasteiger partial charge in [-0.15, -0.1) is 5.10 Å². The normalized spacial score (nSPS) is 11.0. The van der Waals surface area contributed by atoms with E-state index in [1.165, 1.54) is 15.6 Å². The predicted octanol–water partition coefficient (Wildman–Crippen LogP) is 2.54. The molecular weight excluding hydrogens is 368 g/mol. The highest BCUT2D eigenvalue weighted by atomic mass is 16.2. The highest BCUT2D eigenvalue weighted by molar-refractivity contribution is 5.91. The van der Waals surface area contributed by atoms with Crippen LogP contribution in [0.3, 0.4) is 0 Å². The molecule has 0 aliphatic rings. The zero-order valence-electron chi connectivity index (χ0n) is 16.4. The van der Waals surface area contributed by atoms with Gasteiger partial charge >= 0.3 is 0 Å². The smallest absolute Gasteiger partial charge is 0.284 e. The van der Waals surface area contributed by atoms with Crippen LogP contribution in [0, 0.1) is 20.8 Å². The number of nitrogens with one attached hydrogen (secondary N) is 1. The number of nitrogens with zero attached hydrogens (tertiary/aromatic N) is 5. The van der Waals surface area contributed by atoms with Crippen molar-refractivity contribution in [2.45, 2.75) is 27.3 Å². The second kappa shape index (κ2) is 7.31. The van der Waals surface area contributed by atoms with Crippen LogP contribution in [0.1, 0.15) is 16.7 Å². The van der Waals surface area contributed by atoms with Gasteiger partial charge in [-0.25, -0.2) is 4.98 Å². The Morgan fingerprint density at radius 2 is 1.90 bits per heavy atom. The van der Waals surface area contributed by atoms with Gasteiger partial charge in [0.1, 0.15) is 12.9 Å². The SMILES string of the molecule is Cc1cccc(-n2nnc3c(=O)n(CC(=O)Nc4cccc(C)c4C)cnc32)c1. The number of carbonyl (C=O) groups is 1. The molecule has 8 heteroatoms. The van der Waals surface area contributed by atoms with Crippen molar-refractivity contribution < 1.29 is 4.79 Å². The van der Waals surface area contributed by atoms with Crippen LogP contribution in [-0.4, -0.2) is 30.5 Å². The summed E-state index contributed by atoms with van der Waals surface area (Å²) in [7, 11) is 0. The summed E-state index contributed by atoms with van der Waals surface area (Å²) in [6.45, 7) is 5.73. The number of benzene rings is 2. The van der Waals surface area contributed by atoms with Gasteiger partial charge in [0.05, 0.1) is 5.69 Å². The molecule has 8 nitrogen and oxygen atoms in total. The summed E-state index contributed by atoms with van der Waals surface area (Å²) in [5, 5.41) is 10.9. The summed E-state index contributed by atoms with van der Waals surface area (Å²) >= 11 is 0. The molecule has 1 N–H and O–H groups in total. The van der Waals surface area contributed by atoms with Crippen LogP contribution < -0.4 is 10.9 Å². The lowest BCUT2D eigenvalue weighted by Crippen LogP contribution is -2.28. The molecule has 4 rings (SSSR count). The maximum atomic E-state index is 12.8. The number of aromatic nitrogens is 5. The van der Waals surface area contributed by atoms with E-state index in [0.29, 0.717) is 5.65 Å². The Bertz CT molecular complexity index is 1290. The van der Waals surface area contributed by atoms with Gasteiger partial charge in [-0.1, -0.05) is 29.5 Å². The maximum absolute atomic E-state index is 12.8. The van der Waals surface area contributed by atoms with Crippen molar-refractivity contribution in [2.24, 2.45) is 0 Å². The summed E-state index contributed by atoms with van der Waals surface area (Å²) < 4.78 is 2.75. The first-order valence-electron chi connectivity index (χ1n) is 9.18. The van der Waals surface area contributed by atoms with Crippen LogP contribution in [0.4, 0.5) is 5.69 Å². The van der Waals surface area contributed by atoms with E-state index in [9.17, 15) is 9.59 Å². The monoisotopic (exact) mass is 388 g/mol. The average Bonchev–Trinajstić information content (AvgIpc) is 3.12. The van der Waals surface area contributed by atoms with Crippen LogP contribution in [0.5, 0.6) is 0 Å². The topological polar surface area (TPSA) is 94.7 Å². The second-order valence-electron chi connectivity index (χ2n) is 6.99. The van der Waals surface area contributed by atoms with Crippen LogP contribution in [0.2, 0.25) is 0 Å². The fourth-order valence-corrected chi connectivity index (χ4v) is 3.12. The lowest BCUT2D eigenvalue weighted by Gasteiger charge is -2.11. The molecule has 0 radical (unpaired) electrons. The molecule has 0 aliphatic carbocycles. The van der Waals surface area contributed by atoms with Gasteiger partial charge in [-0.05, 0) is 55.7 Å². The van der Waals surface area contributed by atoms with Crippen molar-refractivity contribution in [3.8, 4) is 5.69 Å². The molecule has 0 bridgehead atoms. The summed E-state index contributed by atoms with van der Waals surface area (Å²) in [5.74, 6) is -0.312. The minimum absolute atomic E-state index is 0.119. The van der Waals surface area contributed by atoms with E-state index < -0.39 is 5.56 Å². The summed E-state index contributed by atoms with van der Waals surface area (Å²) in [5.41, 5.74) is 4.68. The van der Waals surface area contributed by atoms with Crippen molar-refractivity contribution in [1.29, 1.82) is 0 Å². The van der Waals surface area contributed by atoms with Crippen molar-refractivity contribution in [2.75, 3.05) is 5.32 Å². The van der Waals surface area contributed by atoms with Crippen molar-refractivity contribution in [3.63, 3.8) is 0 Å². The first-order valence-corrected chi connectivity index (χ1v) is 9.18. The van der Waals surface area contributed by atoms with E-state index in [2.05, 4.69) is 20.6 Å². The molecule has 146 valence electrons. The Balaban J connectivity index is 1.62. The Hall–Kier alpha value is -3.81. The zero-order chi connectivity index (χ0) is 20.5. The van der Waals surface area contributed by atoms with Gasteiger partial charge in [0.25, 0.3) is 5.56 Å². The molecular formula is C21H20N6O2. The van der Waals surface area contributed by atoms with Crippen LogP contribution >= 0.6 is 0 Å². The Morgan fingerprint density at radius 1 is 1.10 bits per heavy atom. The average molecular weight is 388 g/mol. The van der Waals surface area contributed by atoms with Crippen molar-refractivity contribution >= 4 is 22.8 Å². The summed E-state index contributed by atoms with van der Waals surface area (Å²) in [6, 6.07) is 13.4. The molecule has 1 amide bonds. The Morgan fingerprint density at radius 3 is 2.69 bits per heavy atom. The van der Waals surface area contributed by atoms with E-state index in [1.807, 2.05) is 63.2 Å². The molecule has 0 fully saturated rings. The zero-order valence-corrected chi connectivity index (χ0v) is 16.4. The van der Waals surface area contributed by atoms with Crippen LogP contribution in [0.25, 0.3) is 16.9 Å². The number of hydrogen-bond donors (Lipinski definition) is 1. The standard InChI is InChI=1S/C21H20N6O2/c1-13-6-4-8-16(10-13)27-20-19(24-25-27)21(29)26(12-22-20)11-18(28)23-17-9-5-7-14(2)15(17)3/h4-10,12H,11H2,1-3H3,(H,23,28). The lowest BCUT2D eigenvalue weighted by atomic mass is 10.1. The summed E-state index contributed by atoms with van der Waals surface area (Å²) in [4.78, 5) is 29.6. The molecule has 4 aromatic rings. The number of fused-ring (bicyclic) bond motifs is 1. The minimum Gasteiger partial charge on any atom is -0.324 e. The minimum atomic E-state index is -0.412. The third-order valence-electron chi connectivity index (χ3n) is 4.87. The number of carbonyl (C=O) groups excluding carboxylic acids is 1. The van der Waals surface area contributed by atoms with E-state index in [4.69, 9.17) is 0 Å². The molecule has 0 unspecified atom stereocenters. The van der Waals surface area contributed by atoms with Gasteiger partial charge in [0.2, 0.25) is 5.91 Å². The second-order valence-corrected chi connectivity index (χ2v) is 6.99. The Labute approximate surface area is 166 Å². The molecule has 0 aliphatic heterocycles. The van der Waals surface area contributed by atoms with Gasteiger partial charge in [-0.2, -0.15) is 4.68 Å². The molecule has 2 heterocycles. The van der Waals surface area contributed by atoms with Gasteiger partial charge in [0, 0.05) is 5.69 Å². The van der Waals surface area contributed by atoms with E-state index >= 15 is 0 Å². The highest BCUT2D eigenvalue weighted by Crippen LogP contribution is 2.18. The number of rotatable bonds is 4. The van der Waals surface area contributed by atoms with Gasteiger partial charge < -0.3 is 5.32 Å². The third kappa shape index (κ3) is 3.52. The molecule has 29 heavy (non-hydrogen) atoms. The van der Waals surface area contributed by atoms with Crippen LogP contribution in [-0.2, 0) is 11.3 Å². The number of amides is 1. The number of aryl methyl sites for hydroxylation is 2. The van der Waals surface area contributed by atoms with Gasteiger partial charge in [0.15, 0.2) is 11.2 Å². The fraction of sp³-hybridized carbons (Fsp3) is 0.190. The molecule has 0 atom stereocenters. The molecule has 2 aromatic heterocycles. The molecule has 0 saturated carbocycles. The first kappa shape index (κ1) is 18.5. The quantitative estimate of drug-likeness (QED) is 0.580. The van der Waals surface area contributed by atoms with E-state index in [1.54, 1.807) is 0 Å². The van der Waals surface area contributed by atoms with E-state index in [-0.39, 0.29) is 18.0 Å². The number of hydrogen-bond acceptors (Lipinski definition) is 5. The van der Waals surface area contributed by atoms with Crippen molar-refractivity contribution in [3.05, 3.63) is 75.8 Å². The fourth-order valence-electron chi connectivity index (χ4n) is 3.12. The summed E-state index contributed by atoms with van der Waals surface area (Å²) in [6.07, 6.45) is 1.35. The molecule has 2 aromatic carbocycles. The van der Waals surface area contributed by atoms with Crippen molar-refractivity contribution in [1.82, 2.24) is 24.5 Å². The highest BCUT2D eigenvalue weighted by Gasteiger charge is 2.15. The maximum Gasteiger partial charge on any atom is 0.284 e.